The molecule has 0 radical (unpaired) electrons. The Hall–Kier alpha value is -3.13. The maximum absolute atomic E-state index is 13.5. The minimum Gasteiger partial charge on any atom is -0.338 e. The van der Waals surface area contributed by atoms with Crippen molar-refractivity contribution in [1.82, 2.24) is 10.2 Å². The van der Waals surface area contributed by atoms with Gasteiger partial charge in [0.25, 0.3) is 0 Å². The minimum absolute atomic E-state index is 0.212. The van der Waals surface area contributed by atoms with Crippen LogP contribution in [0.3, 0.4) is 0 Å². The van der Waals surface area contributed by atoms with Gasteiger partial charge in [-0.05, 0) is 67.1 Å². The summed E-state index contributed by atoms with van der Waals surface area (Å²) in [6.07, 6.45) is 0.449. The van der Waals surface area contributed by atoms with E-state index in [2.05, 4.69) is 20.8 Å². The summed E-state index contributed by atoms with van der Waals surface area (Å²) in [6.45, 7) is 0.334. The van der Waals surface area contributed by atoms with Crippen molar-refractivity contribution in [1.29, 1.82) is 0 Å². The molecular formula is C23H20Cl2FN5O. The summed E-state index contributed by atoms with van der Waals surface area (Å²) in [4.78, 5) is 13.1. The molecule has 1 heterocycles. The Bertz CT molecular complexity index is 1280. The lowest BCUT2D eigenvalue weighted by atomic mass is 9.94. The van der Waals surface area contributed by atoms with Gasteiger partial charge in [-0.3, -0.25) is 9.89 Å². The van der Waals surface area contributed by atoms with Gasteiger partial charge in [-0.25, -0.2) is 4.39 Å². The quantitative estimate of drug-likeness (QED) is 0.272. The summed E-state index contributed by atoms with van der Waals surface area (Å²) < 4.78 is 13.5. The maximum Gasteiger partial charge on any atom is 0.231 e. The first-order chi connectivity index (χ1) is 15.4. The fourth-order valence-corrected chi connectivity index (χ4v) is 3.77. The van der Waals surface area contributed by atoms with E-state index in [-0.39, 0.29) is 11.7 Å². The van der Waals surface area contributed by atoms with E-state index in [0.29, 0.717) is 40.2 Å². The lowest BCUT2D eigenvalue weighted by molar-refractivity contribution is -0.117. The molecule has 164 valence electrons. The summed E-state index contributed by atoms with van der Waals surface area (Å²) in [6, 6.07) is 16.6. The first-order valence-electron chi connectivity index (χ1n) is 9.91. The van der Waals surface area contributed by atoms with Crippen LogP contribution in [-0.2, 0) is 4.79 Å². The highest BCUT2D eigenvalue weighted by atomic mass is 35.5. The molecule has 0 spiro atoms. The second kappa shape index (κ2) is 9.56. The van der Waals surface area contributed by atoms with Crippen LogP contribution in [0.25, 0.3) is 10.9 Å². The maximum atomic E-state index is 13.5. The van der Waals surface area contributed by atoms with Gasteiger partial charge in [0, 0.05) is 16.8 Å². The standard InChI is InChI=1S/C23H20Cl2FN5O/c24-19-6-4-13(10-20(19)25)17(8-9-27)23(32)29-16-5-7-21-18(12-16)22(31-30-21)28-15-3-1-2-14(26)11-15/h1-7,10-12,17H,8-9,27H2,(H,29,32)(H2,28,30,31). The van der Waals surface area contributed by atoms with Crippen molar-refractivity contribution in [3.8, 4) is 0 Å². The van der Waals surface area contributed by atoms with Crippen molar-refractivity contribution < 1.29 is 9.18 Å². The van der Waals surface area contributed by atoms with Crippen LogP contribution in [0.5, 0.6) is 0 Å². The molecular weight excluding hydrogens is 452 g/mol. The number of benzene rings is 3. The molecule has 0 bridgehead atoms. The van der Waals surface area contributed by atoms with Gasteiger partial charge in [-0.15, -0.1) is 0 Å². The predicted molar refractivity (Wildman–Crippen MR) is 127 cm³/mol. The first kappa shape index (κ1) is 22.1. The highest BCUT2D eigenvalue weighted by Gasteiger charge is 2.21. The van der Waals surface area contributed by atoms with Crippen LogP contribution in [0.4, 0.5) is 21.6 Å². The number of amides is 1. The zero-order valence-electron chi connectivity index (χ0n) is 16.8. The molecule has 0 saturated heterocycles. The molecule has 0 saturated carbocycles. The van der Waals surface area contributed by atoms with Crippen LogP contribution >= 0.6 is 23.2 Å². The van der Waals surface area contributed by atoms with E-state index in [1.54, 1.807) is 42.5 Å². The number of nitrogens with zero attached hydrogens (tertiary/aromatic N) is 1. The first-order valence-corrected chi connectivity index (χ1v) is 10.7. The number of H-pyrrole nitrogens is 1. The van der Waals surface area contributed by atoms with Crippen LogP contribution in [0.15, 0.2) is 60.7 Å². The average Bonchev–Trinajstić information content (AvgIpc) is 3.16. The van der Waals surface area contributed by atoms with E-state index < -0.39 is 5.92 Å². The van der Waals surface area contributed by atoms with Gasteiger partial charge in [-0.1, -0.05) is 35.3 Å². The van der Waals surface area contributed by atoms with Crippen molar-refractivity contribution in [3.05, 3.63) is 82.1 Å². The van der Waals surface area contributed by atoms with Crippen molar-refractivity contribution >= 4 is 57.2 Å². The van der Waals surface area contributed by atoms with Gasteiger partial charge in [-0.2, -0.15) is 5.10 Å². The number of aromatic amines is 1. The summed E-state index contributed by atoms with van der Waals surface area (Å²) in [5.74, 6) is -0.531. The molecule has 1 unspecified atom stereocenters. The van der Waals surface area contributed by atoms with Gasteiger partial charge < -0.3 is 16.4 Å². The molecule has 4 rings (SSSR count). The third kappa shape index (κ3) is 4.85. The Morgan fingerprint density at radius 2 is 1.91 bits per heavy atom. The third-order valence-electron chi connectivity index (χ3n) is 5.04. The van der Waals surface area contributed by atoms with Crippen LogP contribution in [0.2, 0.25) is 10.0 Å². The molecule has 6 nitrogen and oxygen atoms in total. The molecule has 0 aliphatic carbocycles. The summed E-state index contributed by atoms with van der Waals surface area (Å²) in [7, 11) is 0. The highest BCUT2D eigenvalue weighted by molar-refractivity contribution is 6.42. The van der Waals surface area contributed by atoms with Gasteiger partial charge in [0.2, 0.25) is 5.91 Å². The van der Waals surface area contributed by atoms with E-state index in [0.717, 1.165) is 16.5 Å². The molecule has 5 N–H and O–H groups in total. The van der Waals surface area contributed by atoms with E-state index in [9.17, 15) is 9.18 Å². The molecule has 32 heavy (non-hydrogen) atoms. The van der Waals surface area contributed by atoms with Crippen LogP contribution < -0.4 is 16.4 Å². The number of hydrogen-bond acceptors (Lipinski definition) is 4. The number of halogens is 3. The van der Waals surface area contributed by atoms with E-state index in [4.69, 9.17) is 28.9 Å². The summed E-state index contributed by atoms with van der Waals surface area (Å²) >= 11 is 12.1. The molecule has 1 aromatic heterocycles. The number of aromatic nitrogens is 2. The Morgan fingerprint density at radius 3 is 2.66 bits per heavy atom. The van der Waals surface area contributed by atoms with Crippen molar-refractivity contribution in [2.75, 3.05) is 17.2 Å². The van der Waals surface area contributed by atoms with Crippen LogP contribution in [-0.4, -0.2) is 22.6 Å². The number of rotatable bonds is 7. The van der Waals surface area contributed by atoms with Crippen molar-refractivity contribution in [2.45, 2.75) is 12.3 Å². The zero-order chi connectivity index (χ0) is 22.7. The van der Waals surface area contributed by atoms with Gasteiger partial charge in [0.15, 0.2) is 5.82 Å². The fourth-order valence-electron chi connectivity index (χ4n) is 3.46. The number of fused-ring (bicyclic) bond motifs is 1. The number of hydrogen-bond donors (Lipinski definition) is 4. The monoisotopic (exact) mass is 471 g/mol. The Kier molecular flexibility index (Phi) is 6.60. The van der Waals surface area contributed by atoms with Gasteiger partial charge in [0.05, 0.1) is 21.5 Å². The number of nitrogens with two attached hydrogens (primary N) is 1. The molecule has 1 amide bonds. The van der Waals surface area contributed by atoms with Crippen molar-refractivity contribution in [3.63, 3.8) is 0 Å². The summed E-state index contributed by atoms with van der Waals surface area (Å²) in [5.41, 5.74) is 8.40. The zero-order valence-corrected chi connectivity index (χ0v) is 18.3. The lowest BCUT2D eigenvalue weighted by Gasteiger charge is -2.17. The predicted octanol–water partition coefficient (Wildman–Crippen LogP) is 5.82. The second-order valence-electron chi connectivity index (χ2n) is 7.26. The smallest absolute Gasteiger partial charge is 0.231 e. The van der Waals surface area contributed by atoms with Gasteiger partial charge >= 0.3 is 0 Å². The number of carbonyl (C=O) groups excluding carboxylic acids is 1. The Morgan fingerprint density at radius 1 is 1.06 bits per heavy atom. The molecule has 0 aliphatic rings. The number of anilines is 3. The third-order valence-corrected chi connectivity index (χ3v) is 5.77. The molecule has 3 aromatic carbocycles. The number of nitrogens with one attached hydrogen (secondary N) is 3. The molecule has 0 fully saturated rings. The van der Waals surface area contributed by atoms with Gasteiger partial charge in [0.1, 0.15) is 5.82 Å². The molecule has 1 atom stereocenters. The Labute approximate surface area is 193 Å². The molecule has 4 aromatic rings. The van der Waals surface area contributed by atoms with E-state index in [1.165, 1.54) is 12.1 Å². The fraction of sp³-hybridized carbons (Fsp3) is 0.130. The molecule has 0 aliphatic heterocycles. The average molecular weight is 472 g/mol. The second-order valence-corrected chi connectivity index (χ2v) is 8.08. The minimum atomic E-state index is -0.486. The summed E-state index contributed by atoms with van der Waals surface area (Å²) in [5, 5.41) is 14.8. The van der Waals surface area contributed by atoms with Crippen LogP contribution in [0, 0.1) is 5.82 Å². The van der Waals surface area contributed by atoms with E-state index >= 15 is 0 Å². The molecule has 9 heteroatoms. The SMILES string of the molecule is NCCC(C(=O)Nc1ccc2[nH]nc(Nc3cccc(F)c3)c2c1)c1ccc(Cl)c(Cl)c1. The lowest BCUT2D eigenvalue weighted by Crippen LogP contribution is -2.23. The Balaban J connectivity index is 1.58. The topological polar surface area (TPSA) is 95.8 Å². The van der Waals surface area contributed by atoms with Crippen molar-refractivity contribution in [2.24, 2.45) is 5.73 Å². The largest absolute Gasteiger partial charge is 0.338 e. The number of carbonyl (C=O) groups is 1. The van der Waals surface area contributed by atoms with Crippen LogP contribution in [0.1, 0.15) is 17.9 Å². The van der Waals surface area contributed by atoms with E-state index in [1.807, 2.05) is 6.07 Å². The highest BCUT2D eigenvalue weighted by Crippen LogP contribution is 2.30. The normalized spacial score (nSPS) is 12.0.